The van der Waals surface area contributed by atoms with Crippen LogP contribution in [0.1, 0.15) is 15.9 Å². The summed E-state index contributed by atoms with van der Waals surface area (Å²) in [5.41, 5.74) is 9.52. The summed E-state index contributed by atoms with van der Waals surface area (Å²) in [5, 5.41) is 0.783. The molecule has 0 bridgehead atoms. The lowest BCUT2D eigenvalue weighted by Gasteiger charge is -2.31. The van der Waals surface area contributed by atoms with Crippen LogP contribution in [0.5, 0.6) is 0 Å². The highest BCUT2D eigenvalue weighted by atomic mass is 16.5. The molecule has 2 N–H and O–H groups in total. The topological polar surface area (TPSA) is 85.5 Å². The lowest BCUT2D eigenvalue weighted by molar-refractivity contribution is -0.133. The van der Waals surface area contributed by atoms with E-state index in [1.54, 1.807) is 4.90 Å². The van der Waals surface area contributed by atoms with Crippen LogP contribution in [-0.2, 0) is 9.53 Å². The molecule has 142 valence electrons. The zero-order valence-electron chi connectivity index (χ0n) is 15.6. The van der Waals surface area contributed by atoms with E-state index in [4.69, 9.17) is 15.5 Å². The van der Waals surface area contributed by atoms with Crippen molar-refractivity contribution in [3.8, 4) is 11.3 Å². The minimum absolute atomic E-state index is 0.151. The summed E-state index contributed by atoms with van der Waals surface area (Å²) in [6.45, 7) is 2.89. The summed E-state index contributed by atoms with van der Waals surface area (Å²) in [4.78, 5) is 31.2. The van der Waals surface area contributed by atoms with Crippen LogP contribution < -0.4 is 5.73 Å². The number of primary amides is 1. The SMILES string of the molecule is Cc1ccc(-c2cc(C(=O)N3CCOC(C(N)=O)C3)c3ccccc3n2)cc1. The van der Waals surface area contributed by atoms with Crippen molar-refractivity contribution in [1.82, 2.24) is 9.88 Å². The van der Waals surface area contributed by atoms with Gasteiger partial charge in [-0.05, 0) is 19.1 Å². The van der Waals surface area contributed by atoms with E-state index in [1.807, 2.05) is 61.5 Å². The number of hydrogen-bond donors (Lipinski definition) is 1. The molecule has 1 fully saturated rings. The molecule has 0 saturated carbocycles. The highest BCUT2D eigenvalue weighted by molar-refractivity contribution is 6.07. The minimum Gasteiger partial charge on any atom is -0.367 e. The van der Waals surface area contributed by atoms with Crippen molar-refractivity contribution in [1.29, 1.82) is 0 Å². The number of carbonyl (C=O) groups is 2. The fraction of sp³-hybridized carbons (Fsp3) is 0.227. The van der Waals surface area contributed by atoms with Gasteiger partial charge in [-0.2, -0.15) is 0 Å². The average molecular weight is 375 g/mol. The number of rotatable bonds is 3. The first-order valence-corrected chi connectivity index (χ1v) is 9.20. The van der Waals surface area contributed by atoms with Crippen molar-refractivity contribution in [3.63, 3.8) is 0 Å². The molecule has 2 amide bonds. The van der Waals surface area contributed by atoms with Crippen molar-refractivity contribution in [3.05, 3.63) is 65.7 Å². The van der Waals surface area contributed by atoms with Gasteiger partial charge in [0.1, 0.15) is 0 Å². The molecule has 28 heavy (non-hydrogen) atoms. The molecule has 4 rings (SSSR count). The molecule has 6 heteroatoms. The van der Waals surface area contributed by atoms with Crippen LogP contribution in [0.25, 0.3) is 22.2 Å². The molecule has 1 aliphatic rings. The van der Waals surface area contributed by atoms with E-state index < -0.39 is 12.0 Å². The van der Waals surface area contributed by atoms with Gasteiger partial charge in [-0.3, -0.25) is 9.59 Å². The van der Waals surface area contributed by atoms with Gasteiger partial charge in [-0.25, -0.2) is 4.98 Å². The fourth-order valence-electron chi connectivity index (χ4n) is 3.40. The number of nitrogens with two attached hydrogens (primary N) is 1. The Hall–Kier alpha value is -3.25. The summed E-state index contributed by atoms with van der Waals surface area (Å²) in [6.07, 6.45) is -0.776. The van der Waals surface area contributed by atoms with Crippen molar-refractivity contribution in [2.45, 2.75) is 13.0 Å². The number of fused-ring (bicyclic) bond motifs is 1. The maximum absolute atomic E-state index is 13.3. The Morgan fingerprint density at radius 1 is 1.14 bits per heavy atom. The number of carbonyl (C=O) groups excluding carboxylic acids is 2. The normalized spacial score (nSPS) is 16.9. The Morgan fingerprint density at radius 2 is 1.89 bits per heavy atom. The lowest BCUT2D eigenvalue weighted by atomic mass is 10.0. The Labute approximate surface area is 162 Å². The summed E-state index contributed by atoms with van der Waals surface area (Å²) in [5.74, 6) is -0.709. The Kier molecular flexibility index (Phi) is 4.79. The van der Waals surface area contributed by atoms with Crippen LogP contribution in [0.2, 0.25) is 0 Å². The van der Waals surface area contributed by atoms with E-state index in [9.17, 15) is 9.59 Å². The maximum Gasteiger partial charge on any atom is 0.254 e. The first kappa shape index (κ1) is 18.1. The lowest BCUT2D eigenvalue weighted by Crippen LogP contribution is -2.50. The van der Waals surface area contributed by atoms with Crippen LogP contribution in [0, 0.1) is 6.92 Å². The molecule has 0 radical (unpaired) electrons. The molecule has 1 aromatic heterocycles. The van der Waals surface area contributed by atoms with Gasteiger partial charge in [0, 0.05) is 17.5 Å². The summed E-state index contributed by atoms with van der Waals surface area (Å²) < 4.78 is 5.37. The number of nitrogens with zero attached hydrogens (tertiary/aromatic N) is 2. The Balaban J connectivity index is 1.77. The molecule has 1 atom stereocenters. The Bertz CT molecular complexity index is 1050. The van der Waals surface area contributed by atoms with Crippen LogP contribution in [0.4, 0.5) is 0 Å². The minimum atomic E-state index is -0.776. The van der Waals surface area contributed by atoms with Crippen LogP contribution in [0.3, 0.4) is 0 Å². The first-order chi connectivity index (χ1) is 13.5. The van der Waals surface area contributed by atoms with E-state index >= 15 is 0 Å². The van der Waals surface area contributed by atoms with Gasteiger partial charge in [0.15, 0.2) is 6.10 Å². The predicted octanol–water partition coefficient (Wildman–Crippen LogP) is 2.54. The third kappa shape index (κ3) is 3.46. The molecule has 1 saturated heterocycles. The number of ether oxygens (including phenoxy) is 1. The molecule has 3 aromatic rings. The van der Waals surface area contributed by atoms with Crippen LogP contribution in [-0.4, -0.2) is 47.5 Å². The number of para-hydroxylation sites is 1. The summed E-state index contributed by atoms with van der Waals surface area (Å²) in [7, 11) is 0. The number of hydrogen-bond acceptors (Lipinski definition) is 4. The van der Waals surface area contributed by atoms with Crippen molar-refractivity contribution in [2.24, 2.45) is 5.73 Å². The summed E-state index contributed by atoms with van der Waals surface area (Å²) >= 11 is 0. The van der Waals surface area contributed by atoms with Crippen molar-refractivity contribution >= 4 is 22.7 Å². The number of amides is 2. The number of benzene rings is 2. The van der Waals surface area contributed by atoms with E-state index in [0.717, 1.165) is 27.7 Å². The fourth-order valence-corrected chi connectivity index (χ4v) is 3.40. The average Bonchev–Trinajstić information content (AvgIpc) is 2.73. The van der Waals surface area contributed by atoms with Crippen molar-refractivity contribution < 1.29 is 14.3 Å². The van der Waals surface area contributed by atoms with Gasteiger partial charge < -0.3 is 15.4 Å². The zero-order chi connectivity index (χ0) is 19.7. The van der Waals surface area contributed by atoms with Crippen LogP contribution >= 0.6 is 0 Å². The number of morpholine rings is 1. The van der Waals surface area contributed by atoms with Gasteiger partial charge in [0.05, 0.1) is 29.9 Å². The maximum atomic E-state index is 13.3. The number of aryl methyl sites for hydroxylation is 1. The third-order valence-electron chi connectivity index (χ3n) is 4.96. The molecule has 2 heterocycles. The second-order valence-electron chi connectivity index (χ2n) is 6.95. The monoisotopic (exact) mass is 375 g/mol. The second-order valence-corrected chi connectivity index (χ2v) is 6.95. The standard InChI is InChI=1S/C22H21N3O3/c1-14-6-8-15(9-7-14)19-12-17(16-4-2-3-5-18(16)24-19)22(27)25-10-11-28-20(13-25)21(23)26/h2-9,12,20H,10-11,13H2,1H3,(H2,23,26). The number of aromatic nitrogens is 1. The molecular weight excluding hydrogens is 354 g/mol. The predicted molar refractivity (Wildman–Crippen MR) is 107 cm³/mol. The van der Waals surface area contributed by atoms with E-state index in [2.05, 4.69) is 0 Å². The molecule has 2 aromatic carbocycles. The van der Waals surface area contributed by atoms with Crippen LogP contribution in [0.15, 0.2) is 54.6 Å². The van der Waals surface area contributed by atoms with Gasteiger partial charge in [0.25, 0.3) is 5.91 Å². The van der Waals surface area contributed by atoms with E-state index in [-0.39, 0.29) is 19.1 Å². The smallest absolute Gasteiger partial charge is 0.254 e. The van der Waals surface area contributed by atoms with Gasteiger partial charge in [0.2, 0.25) is 5.91 Å². The molecule has 0 aliphatic carbocycles. The van der Waals surface area contributed by atoms with Crippen molar-refractivity contribution in [2.75, 3.05) is 19.7 Å². The summed E-state index contributed by atoms with van der Waals surface area (Å²) in [6, 6.07) is 17.4. The highest BCUT2D eigenvalue weighted by Gasteiger charge is 2.29. The van der Waals surface area contributed by atoms with Gasteiger partial charge in [-0.15, -0.1) is 0 Å². The first-order valence-electron chi connectivity index (χ1n) is 9.20. The third-order valence-corrected chi connectivity index (χ3v) is 4.96. The Morgan fingerprint density at radius 3 is 2.64 bits per heavy atom. The molecule has 6 nitrogen and oxygen atoms in total. The van der Waals surface area contributed by atoms with Gasteiger partial charge >= 0.3 is 0 Å². The largest absolute Gasteiger partial charge is 0.367 e. The van der Waals surface area contributed by atoms with Gasteiger partial charge in [-0.1, -0.05) is 48.0 Å². The molecule has 1 unspecified atom stereocenters. The second kappa shape index (κ2) is 7.40. The zero-order valence-corrected chi connectivity index (χ0v) is 15.6. The van der Waals surface area contributed by atoms with E-state index in [0.29, 0.717) is 12.1 Å². The highest BCUT2D eigenvalue weighted by Crippen LogP contribution is 2.26. The number of pyridine rings is 1. The quantitative estimate of drug-likeness (QED) is 0.762. The van der Waals surface area contributed by atoms with E-state index in [1.165, 1.54) is 0 Å². The molecule has 1 aliphatic heterocycles. The molecule has 0 spiro atoms. The molecular formula is C22H21N3O3.